The molecule has 1 aromatic heterocycles. The fourth-order valence-corrected chi connectivity index (χ4v) is 3.88. The van der Waals surface area contributed by atoms with Crippen LogP contribution in [0.2, 0.25) is 0 Å². The van der Waals surface area contributed by atoms with Gasteiger partial charge in [-0.05, 0) is 50.5 Å². The van der Waals surface area contributed by atoms with E-state index in [2.05, 4.69) is 26.5 Å². The predicted molar refractivity (Wildman–Crippen MR) is 116 cm³/mol. The van der Waals surface area contributed by atoms with E-state index >= 15 is 0 Å². The number of aromatic nitrogens is 2. The molecule has 1 saturated heterocycles. The molecule has 176 valence electrons. The predicted octanol–water partition coefficient (Wildman–Crippen LogP) is 3.56. The molecular formula is C22H31F2N5O3. The van der Waals surface area contributed by atoms with Crippen LogP contribution in [-0.4, -0.2) is 62.6 Å². The molecule has 8 nitrogen and oxygen atoms in total. The number of alkyl halides is 2. The molecule has 2 N–H and O–H groups in total. The van der Waals surface area contributed by atoms with Crippen molar-refractivity contribution >= 4 is 17.6 Å². The Labute approximate surface area is 186 Å². The summed E-state index contributed by atoms with van der Waals surface area (Å²) >= 11 is 0. The van der Waals surface area contributed by atoms with Gasteiger partial charge in [0.1, 0.15) is 6.10 Å². The van der Waals surface area contributed by atoms with E-state index in [1.165, 1.54) is 11.8 Å². The highest BCUT2D eigenvalue weighted by molar-refractivity contribution is 5.83. The molecule has 32 heavy (non-hydrogen) atoms. The number of hydrogen-bond donors (Lipinski definition) is 2. The number of anilines is 2. The van der Waals surface area contributed by atoms with E-state index in [0.29, 0.717) is 19.6 Å². The van der Waals surface area contributed by atoms with Crippen LogP contribution >= 0.6 is 0 Å². The quantitative estimate of drug-likeness (QED) is 0.665. The van der Waals surface area contributed by atoms with Crippen LogP contribution in [0.15, 0.2) is 16.5 Å². The van der Waals surface area contributed by atoms with Crippen LogP contribution in [-0.2, 0) is 11.3 Å². The van der Waals surface area contributed by atoms with Crippen molar-refractivity contribution in [1.29, 1.82) is 0 Å². The third-order valence-electron chi connectivity index (χ3n) is 5.82. The van der Waals surface area contributed by atoms with Gasteiger partial charge in [0.15, 0.2) is 0 Å². The highest BCUT2D eigenvalue weighted by Crippen LogP contribution is 2.28. The molecule has 2 atom stereocenters. The fourth-order valence-electron chi connectivity index (χ4n) is 3.88. The molecule has 1 aliphatic heterocycles. The van der Waals surface area contributed by atoms with Gasteiger partial charge in [0, 0.05) is 44.3 Å². The molecule has 0 saturated carbocycles. The van der Waals surface area contributed by atoms with Crippen LogP contribution < -0.4 is 5.32 Å². The minimum atomic E-state index is -3.31. The summed E-state index contributed by atoms with van der Waals surface area (Å²) < 4.78 is 33.2. The number of aryl methyl sites for hydroxylation is 1. The number of halogens is 2. The summed E-state index contributed by atoms with van der Waals surface area (Å²) in [7, 11) is 0. The number of carbonyl (C=O) groups is 1. The molecule has 2 heterocycles. The van der Waals surface area contributed by atoms with E-state index < -0.39 is 24.4 Å². The number of carbonyl (C=O) groups excluding carboxylic acids is 1. The topological polar surface area (TPSA) is 94.7 Å². The Morgan fingerprint density at radius 3 is 2.66 bits per heavy atom. The van der Waals surface area contributed by atoms with Crippen LogP contribution in [0.25, 0.3) is 0 Å². The first kappa shape index (κ1) is 24.1. The van der Waals surface area contributed by atoms with Crippen molar-refractivity contribution in [2.24, 2.45) is 0 Å². The van der Waals surface area contributed by atoms with Crippen LogP contribution in [0.4, 0.5) is 20.5 Å². The van der Waals surface area contributed by atoms with E-state index in [4.69, 9.17) is 4.42 Å². The van der Waals surface area contributed by atoms with E-state index in [9.17, 15) is 18.7 Å². The Kier molecular flexibility index (Phi) is 7.14. The summed E-state index contributed by atoms with van der Waals surface area (Å²) in [5, 5.41) is 20.4. The Balaban J connectivity index is 1.71. The average molecular weight is 452 g/mol. The SMILES string of the molecule is CCC(F)(F)C(=O)N1CCN(Cc2cc(C)cc(Nc3nnc(C(C)O)o3)c2C)C[C@@H]1C. The van der Waals surface area contributed by atoms with Crippen LogP contribution in [0.5, 0.6) is 0 Å². The van der Waals surface area contributed by atoms with Crippen molar-refractivity contribution < 1.29 is 23.1 Å². The van der Waals surface area contributed by atoms with E-state index in [1.807, 2.05) is 19.9 Å². The number of rotatable bonds is 7. The van der Waals surface area contributed by atoms with Crippen molar-refractivity contribution in [1.82, 2.24) is 20.0 Å². The smallest absolute Gasteiger partial charge is 0.324 e. The number of hydrogen-bond acceptors (Lipinski definition) is 7. The van der Waals surface area contributed by atoms with Gasteiger partial charge in [0.05, 0.1) is 0 Å². The van der Waals surface area contributed by atoms with Gasteiger partial charge in [-0.2, -0.15) is 8.78 Å². The summed E-state index contributed by atoms with van der Waals surface area (Å²) in [5.74, 6) is -4.26. The lowest BCUT2D eigenvalue weighted by molar-refractivity contribution is -0.162. The molecule has 10 heteroatoms. The molecule has 2 aromatic rings. The maximum absolute atomic E-state index is 13.9. The van der Waals surface area contributed by atoms with E-state index in [1.54, 1.807) is 13.8 Å². The highest BCUT2D eigenvalue weighted by Gasteiger charge is 2.42. The van der Waals surface area contributed by atoms with Gasteiger partial charge in [-0.25, -0.2) is 0 Å². The molecule has 3 rings (SSSR count). The zero-order chi connectivity index (χ0) is 23.6. The Morgan fingerprint density at radius 2 is 2.06 bits per heavy atom. The van der Waals surface area contributed by atoms with Crippen LogP contribution in [0.3, 0.4) is 0 Å². The highest BCUT2D eigenvalue weighted by atomic mass is 19.3. The molecule has 0 aliphatic carbocycles. The van der Waals surface area contributed by atoms with Crippen molar-refractivity contribution in [2.45, 2.75) is 65.7 Å². The molecular weight excluding hydrogens is 420 g/mol. The Hall–Kier alpha value is -2.59. The van der Waals surface area contributed by atoms with Gasteiger partial charge < -0.3 is 19.7 Å². The first-order chi connectivity index (χ1) is 15.0. The second-order valence-electron chi connectivity index (χ2n) is 8.48. The zero-order valence-corrected chi connectivity index (χ0v) is 19.2. The molecule has 1 aliphatic rings. The summed E-state index contributed by atoms with van der Waals surface area (Å²) in [6.07, 6.45) is -1.34. The number of aliphatic hydroxyl groups is 1. The lowest BCUT2D eigenvalue weighted by Crippen LogP contribution is -2.57. The number of nitrogens with one attached hydrogen (secondary N) is 1. The lowest BCUT2D eigenvalue weighted by Gasteiger charge is -2.41. The normalized spacial score (nSPS) is 18.6. The minimum Gasteiger partial charge on any atom is -0.405 e. The second kappa shape index (κ2) is 9.50. The van der Waals surface area contributed by atoms with Crippen molar-refractivity contribution in [3.63, 3.8) is 0 Å². The Bertz CT molecular complexity index is 963. The maximum Gasteiger partial charge on any atom is 0.324 e. The van der Waals surface area contributed by atoms with Crippen LogP contribution in [0, 0.1) is 13.8 Å². The zero-order valence-electron chi connectivity index (χ0n) is 19.2. The monoisotopic (exact) mass is 451 g/mol. The molecule has 0 radical (unpaired) electrons. The first-order valence-electron chi connectivity index (χ1n) is 10.8. The lowest BCUT2D eigenvalue weighted by atomic mass is 10.0. The van der Waals surface area contributed by atoms with Gasteiger partial charge in [0.25, 0.3) is 5.91 Å². The van der Waals surface area contributed by atoms with Crippen molar-refractivity contribution in [3.05, 3.63) is 34.7 Å². The van der Waals surface area contributed by atoms with Gasteiger partial charge in [-0.1, -0.05) is 18.1 Å². The number of piperazine rings is 1. The van der Waals surface area contributed by atoms with E-state index in [0.717, 1.165) is 22.4 Å². The molecule has 1 aromatic carbocycles. The van der Waals surface area contributed by atoms with Gasteiger partial charge >= 0.3 is 11.9 Å². The van der Waals surface area contributed by atoms with Gasteiger partial charge in [-0.15, -0.1) is 5.10 Å². The van der Waals surface area contributed by atoms with E-state index in [-0.39, 0.29) is 24.5 Å². The number of amides is 1. The van der Waals surface area contributed by atoms with Gasteiger partial charge in [0.2, 0.25) is 5.89 Å². The number of aliphatic hydroxyl groups excluding tert-OH is 1. The summed E-state index contributed by atoms with van der Waals surface area (Å²) in [4.78, 5) is 15.7. The molecule has 0 bridgehead atoms. The number of benzene rings is 1. The molecule has 0 spiro atoms. The fraction of sp³-hybridized carbons (Fsp3) is 0.591. The molecule has 1 unspecified atom stereocenters. The molecule has 1 amide bonds. The average Bonchev–Trinajstić information content (AvgIpc) is 3.20. The largest absolute Gasteiger partial charge is 0.405 e. The van der Waals surface area contributed by atoms with Crippen LogP contribution in [0.1, 0.15) is 55.9 Å². The summed E-state index contributed by atoms with van der Waals surface area (Å²) in [5.41, 5.74) is 3.92. The molecule has 1 fully saturated rings. The third-order valence-corrected chi connectivity index (χ3v) is 5.82. The van der Waals surface area contributed by atoms with Gasteiger partial charge in [-0.3, -0.25) is 9.69 Å². The number of nitrogens with zero attached hydrogens (tertiary/aromatic N) is 4. The maximum atomic E-state index is 13.9. The Morgan fingerprint density at radius 1 is 1.34 bits per heavy atom. The summed E-state index contributed by atoms with van der Waals surface area (Å²) in [6.45, 7) is 10.6. The third kappa shape index (κ3) is 5.24. The van der Waals surface area contributed by atoms with Crippen molar-refractivity contribution in [2.75, 3.05) is 25.0 Å². The standard InChI is InChI=1S/C22H31F2N5O3/c1-6-22(23,24)20(31)29-8-7-28(11-14(29)3)12-17-9-13(2)10-18(15(17)4)25-21-27-26-19(32-21)16(5)30/h9-10,14,16,30H,6-8,11-12H2,1-5H3,(H,25,27)/t14-,16?/m0/s1. The van der Waals surface area contributed by atoms with Crippen molar-refractivity contribution in [3.8, 4) is 0 Å². The first-order valence-corrected chi connectivity index (χ1v) is 10.8. The summed E-state index contributed by atoms with van der Waals surface area (Å²) in [6, 6.07) is 3.95. The second-order valence-corrected chi connectivity index (χ2v) is 8.48. The minimum absolute atomic E-state index is 0.132.